The Morgan fingerprint density at radius 3 is 2.70 bits per heavy atom. The Morgan fingerprint density at radius 1 is 1.40 bits per heavy atom. The summed E-state index contributed by atoms with van der Waals surface area (Å²) < 4.78 is 1.00. The predicted octanol–water partition coefficient (Wildman–Crippen LogP) is 5.02. The zero-order valence-electron chi connectivity index (χ0n) is 11.4. The largest absolute Gasteiger partial charge is 0.301 e. The van der Waals surface area contributed by atoms with Crippen LogP contribution in [0.4, 0.5) is 0 Å². The third-order valence-electron chi connectivity index (χ3n) is 3.55. The van der Waals surface area contributed by atoms with Gasteiger partial charge >= 0.3 is 0 Å². The smallest absolute Gasteiger partial charge is 0.115 e. The highest BCUT2D eigenvalue weighted by Crippen LogP contribution is 2.35. The highest BCUT2D eigenvalue weighted by Gasteiger charge is 2.29. The SMILES string of the molecule is Cc1nc(C(NC2CC2)c2ccc(Br)cc2Cl)sc1C. The summed E-state index contributed by atoms with van der Waals surface area (Å²) >= 11 is 11.7. The van der Waals surface area contributed by atoms with Gasteiger partial charge < -0.3 is 5.32 Å². The first kappa shape index (κ1) is 14.5. The van der Waals surface area contributed by atoms with Crippen molar-refractivity contribution >= 4 is 38.9 Å². The Bertz CT molecular complexity index is 617. The van der Waals surface area contributed by atoms with Gasteiger partial charge in [0.15, 0.2) is 0 Å². The van der Waals surface area contributed by atoms with Gasteiger partial charge in [-0.3, -0.25) is 0 Å². The van der Waals surface area contributed by atoms with E-state index in [1.807, 2.05) is 12.1 Å². The molecule has 1 N–H and O–H groups in total. The lowest BCUT2D eigenvalue weighted by Crippen LogP contribution is -2.24. The van der Waals surface area contributed by atoms with Gasteiger partial charge in [-0.25, -0.2) is 4.98 Å². The molecule has 1 unspecified atom stereocenters. The van der Waals surface area contributed by atoms with E-state index in [0.717, 1.165) is 25.8 Å². The molecule has 2 aromatic rings. The molecule has 1 aliphatic rings. The number of thiazole rings is 1. The van der Waals surface area contributed by atoms with Crippen LogP contribution in [0.5, 0.6) is 0 Å². The van der Waals surface area contributed by atoms with Gasteiger partial charge in [0.2, 0.25) is 0 Å². The van der Waals surface area contributed by atoms with Gasteiger partial charge in [-0.2, -0.15) is 0 Å². The third kappa shape index (κ3) is 3.08. The maximum atomic E-state index is 6.43. The Balaban J connectivity index is 2.00. The number of nitrogens with one attached hydrogen (secondary N) is 1. The van der Waals surface area contributed by atoms with Gasteiger partial charge in [0.1, 0.15) is 5.01 Å². The Morgan fingerprint density at radius 2 is 2.15 bits per heavy atom. The number of nitrogens with zero attached hydrogens (tertiary/aromatic N) is 1. The van der Waals surface area contributed by atoms with Crippen LogP contribution in [-0.2, 0) is 0 Å². The zero-order valence-corrected chi connectivity index (χ0v) is 14.6. The summed E-state index contributed by atoms with van der Waals surface area (Å²) in [5.41, 5.74) is 2.22. The second-order valence-corrected chi connectivity index (χ2v) is 7.79. The average Bonchev–Trinajstić information content (AvgIpc) is 3.14. The van der Waals surface area contributed by atoms with E-state index in [1.165, 1.54) is 17.7 Å². The van der Waals surface area contributed by atoms with E-state index in [0.29, 0.717) is 6.04 Å². The summed E-state index contributed by atoms with van der Waals surface area (Å²) in [6, 6.07) is 6.77. The molecular weight excluding hydrogens is 356 g/mol. The summed E-state index contributed by atoms with van der Waals surface area (Å²) in [4.78, 5) is 5.99. The van der Waals surface area contributed by atoms with Crippen molar-refractivity contribution < 1.29 is 0 Å². The van der Waals surface area contributed by atoms with Crippen LogP contribution < -0.4 is 5.32 Å². The van der Waals surface area contributed by atoms with Crippen LogP contribution in [0.2, 0.25) is 5.02 Å². The van der Waals surface area contributed by atoms with Crippen molar-refractivity contribution in [3.8, 4) is 0 Å². The van der Waals surface area contributed by atoms with Crippen LogP contribution in [0, 0.1) is 13.8 Å². The van der Waals surface area contributed by atoms with Crippen molar-refractivity contribution in [2.75, 3.05) is 0 Å². The lowest BCUT2D eigenvalue weighted by Gasteiger charge is -2.18. The molecule has 5 heteroatoms. The fourth-order valence-corrected chi connectivity index (χ4v) is 3.92. The number of aromatic nitrogens is 1. The molecule has 1 atom stereocenters. The molecule has 0 saturated heterocycles. The number of benzene rings is 1. The molecule has 106 valence electrons. The van der Waals surface area contributed by atoms with E-state index in [4.69, 9.17) is 16.6 Å². The maximum absolute atomic E-state index is 6.43. The average molecular weight is 372 g/mol. The van der Waals surface area contributed by atoms with Gasteiger partial charge in [0, 0.05) is 20.4 Å². The summed E-state index contributed by atoms with van der Waals surface area (Å²) in [5, 5.41) is 5.56. The van der Waals surface area contributed by atoms with Crippen molar-refractivity contribution in [3.63, 3.8) is 0 Å². The standard InChI is InChI=1S/C15H16BrClN2S/c1-8-9(2)20-15(18-8)14(19-11-4-5-11)12-6-3-10(16)7-13(12)17/h3,6-7,11,14,19H,4-5H2,1-2H3. The molecule has 0 spiro atoms. The van der Waals surface area contributed by atoms with Crippen molar-refractivity contribution in [1.82, 2.24) is 10.3 Å². The normalized spacial score (nSPS) is 16.4. The van der Waals surface area contributed by atoms with Crippen LogP contribution in [0.15, 0.2) is 22.7 Å². The maximum Gasteiger partial charge on any atom is 0.115 e. The fraction of sp³-hybridized carbons (Fsp3) is 0.400. The van der Waals surface area contributed by atoms with E-state index in [-0.39, 0.29) is 6.04 Å². The first-order valence-electron chi connectivity index (χ1n) is 6.69. The molecule has 1 aromatic heterocycles. The molecule has 1 aromatic carbocycles. The lowest BCUT2D eigenvalue weighted by atomic mass is 10.1. The number of aryl methyl sites for hydroxylation is 2. The van der Waals surface area contributed by atoms with Crippen LogP contribution >= 0.6 is 38.9 Å². The monoisotopic (exact) mass is 370 g/mol. The van der Waals surface area contributed by atoms with Gasteiger partial charge in [0.25, 0.3) is 0 Å². The molecule has 3 rings (SSSR count). The van der Waals surface area contributed by atoms with Gasteiger partial charge in [0.05, 0.1) is 11.7 Å². The molecule has 1 aliphatic carbocycles. The second-order valence-electron chi connectivity index (χ2n) is 5.23. The molecule has 1 heterocycles. The van der Waals surface area contributed by atoms with Gasteiger partial charge in [-0.15, -0.1) is 11.3 Å². The van der Waals surface area contributed by atoms with Crippen LogP contribution in [-0.4, -0.2) is 11.0 Å². The predicted molar refractivity (Wildman–Crippen MR) is 88.7 cm³/mol. The molecule has 0 bridgehead atoms. The molecule has 0 radical (unpaired) electrons. The minimum Gasteiger partial charge on any atom is -0.301 e. The lowest BCUT2D eigenvalue weighted by molar-refractivity contribution is 0.597. The quantitative estimate of drug-likeness (QED) is 0.816. The number of hydrogen-bond acceptors (Lipinski definition) is 3. The molecule has 0 amide bonds. The van der Waals surface area contributed by atoms with E-state index in [1.54, 1.807) is 11.3 Å². The molecule has 1 saturated carbocycles. The van der Waals surface area contributed by atoms with E-state index in [2.05, 4.69) is 41.2 Å². The highest BCUT2D eigenvalue weighted by molar-refractivity contribution is 9.10. The van der Waals surface area contributed by atoms with Crippen molar-refractivity contribution in [3.05, 3.63) is 48.8 Å². The van der Waals surface area contributed by atoms with E-state index in [9.17, 15) is 0 Å². The highest BCUT2D eigenvalue weighted by atomic mass is 79.9. The second kappa shape index (κ2) is 5.76. The summed E-state index contributed by atoms with van der Waals surface area (Å²) in [5.74, 6) is 0. The third-order valence-corrected chi connectivity index (χ3v) is 5.50. The molecule has 1 fully saturated rings. The minimum absolute atomic E-state index is 0.0977. The number of halogens is 2. The van der Waals surface area contributed by atoms with Crippen molar-refractivity contribution in [1.29, 1.82) is 0 Å². The first-order chi connectivity index (χ1) is 9.54. The first-order valence-corrected chi connectivity index (χ1v) is 8.68. The topological polar surface area (TPSA) is 24.9 Å². The van der Waals surface area contributed by atoms with Gasteiger partial charge in [-0.05, 0) is 44.4 Å². The fourth-order valence-electron chi connectivity index (χ4n) is 2.14. The Labute approximate surface area is 136 Å². The molecule has 2 nitrogen and oxygen atoms in total. The van der Waals surface area contributed by atoms with Crippen LogP contribution in [0.1, 0.15) is 40.0 Å². The summed E-state index contributed by atoms with van der Waals surface area (Å²) in [6.07, 6.45) is 2.49. The van der Waals surface area contributed by atoms with Crippen LogP contribution in [0.3, 0.4) is 0 Å². The molecule has 0 aliphatic heterocycles. The molecular formula is C15H16BrClN2S. The van der Waals surface area contributed by atoms with Crippen molar-refractivity contribution in [2.24, 2.45) is 0 Å². The number of rotatable bonds is 4. The van der Waals surface area contributed by atoms with E-state index < -0.39 is 0 Å². The Hall–Kier alpha value is -0.420. The van der Waals surface area contributed by atoms with Crippen LogP contribution in [0.25, 0.3) is 0 Å². The zero-order chi connectivity index (χ0) is 14.3. The minimum atomic E-state index is 0.0977. The number of hydrogen-bond donors (Lipinski definition) is 1. The summed E-state index contributed by atoms with van der Waals surface area (Å²) in [7, 11) is 0. The van der Waals surface area contributed by atoms with E-state index >= 15 is 0 Å². The van der Waals surface area contributed by atoms with Crippen molar-refractivity contribution in [2.45, 2.75) is 38.8 Å². The van der Waals surface area contributed by atoms with Gasteiger partial charge in [-0.1, -0.05) is 33.6 Å². The summed E-state index contributed by atoms with van der Waals surface area (Å²) in [6.45, 7) is 4.18. The molecule has 20 heavy (non-hydrogen) atoms. The Kier molecular flexibility index (Phi) is 4.18.